The van der Waals surface area contributed by atoms with Crippen molar-refractivity contribution >= 4 is 23.6 Å². The van der Waals surface area contributed by atoms with E-state index in [4.69, 9.17) is 16.3 Å². The van der Waals surface area contributed by atoms with Gasteiger partial charge in [0.1, 0.15) is 6.61 Å². The van der Waals surface area contributed by atoms with Gasteiger partial charge in [-0.05, 0) is 12.0 Å². The van der Waals surface area contributed by atoms with Crippen LogP contribution in [-0.2, 0) is 14.5 Å². The van der Waals surface area contributed by atoms with Crippen LogP contribution in [0.3, 0.4) is 0 Å². The van der Waals surface area contributed by atoms with Gasteiger partial charge in [-0.25, -0.2) is 9.69 Å². The first-order valence-corrected chi connectivity index (χ1v) is 6.71. The second-order valence-electron chi connectivity index (χ2n) is 4.51. The number of unbranched alkanes of at least 4 members (excludes halogenated alkanes) is 1. The summed E-state index contributed by atoms with van der Waals surface area (Å²) in [5.74, 6) is -0.289. The molecule has 1 aliphatic rings. The Bertz CT molecular complexity index is 477. The second kappa shape index (κ2) is 5.61. The first-order valence-electron chi connectivity index (χ1n) is 6.34. The number of benzene rings is 1. The predicted octanol–water partition coefficient (Wildman–Crippen LogP) is 3.25. The van der Waals surface area contributed by atoms with E-state index in [1.165, 1.54) is 0 Å². The van der Waals surface area contributed by atoms with Crippen LogP contribution in [0.25, 0.3) is 0 Å². The molecule has 0 spiro atoms. The molecule has 102 valence electrons. The van der Waals surface area contributed by atoms with Gasteiger partial charge >= 0.3 is 6.09 Å². The Kier molecular flexibility index (Phi) is 4.10. The minimum atomic E-state index is -1.22. The van der Waals surface area contributed by atoms with Crippen LogP contribution in [0, 0.1) is 0 Å². The lowest BCUT2D eigenvalue weighted by molar-refractivity contribution is -0.130. The maximum Gasteiger partial charge on any atom is 0.418 e. The largest absolute Gasteiger partial charge is 0.445 e. The highest BCUT2D eigenvalue weighted by Gasteiger charge is 2.50. The van der Waals surface area contributed by atoms with E-state index < -0.39 is 11.1 Å². The van der Waals surface area contributed by atoms with Crippen molar-refractivity contribution in [3.8, 4) is 0 Å². The summed E-state index contributed by atoms with van der Waals surface area (Å²) in [6, 6.07) is 9.06. The first kappa shape index (κ1) is 13.9. The first-order chi connectivity index (χ1) is 9.09. The third-order valence-corrected chi connectivity index (χ3v) is 3.63. The Hall–Kier alpha value is -1.55. The van der Waals surface area contributed by atoms with Crippen molar-refractivity contribution in [3.05, 3.63) is 35.9 Å². The average molecular weight is 282 g/mol. The summed E-state index contributed by atoms with van der Waals surface area (Å²) in [7, 11) is 0. The Morgan fingerprint density at radius 3 is 2.74 bits per heavy atom. The zero-order valence-corrected chi connectivity index (χ0v) is 11.5. The fourth-order valence-electron chi connectivity index (χ4n) is 2.08. The average Bonchev–Trinajstić information content (AvgIpc) is 2.74. The van der Waals surface area contributed by atoms with Crippen LogP contribution >= 0.6 is 11.6 Å². The minimum Gasteiger partial charge on any atom is -0.445 e. The highest BCUT2D eigenvalue weighted by Crippen LogP contribution is 2.39. The van der Waals surface area contributed by atoms with Gasteiger partial charge in [-0.3, -0.25) is 4.79 Å². The highest BCUT2D eigenvalue weighted by atomic mass is 35.5. The summed E-state index contributed by atoms with van der Waals surface area (Å²) >= 11 is 6.49. The summed E-state index contributed by atoms with van der Waals surface area (Å²) < 4.78 is 4.97. The molecule has 0 radical (unpaired) electrons. The maximum absolute atomic E-state index is 12.1. The Balaban J connectivity index is 2.28. The highest BCUT2D eigenvalue weighted by molar-refractivity contribution is 6.27. The molecule has 0 aliphatic carbocycles. The number of amides is 2. The molecule has 1 fully saturated rings. The minimum absolute atomic E-state index is 0.0186. The number of hydrogen-bond acceptors (Lipinski definition) is 3. The van der Waals surface area contributed by atoms with Gasteiger partial charge in [0, 0.05) is 6.42 Å². The van der Waals surface area contributed by atoms with Gasteiger partial charge in [-0.1, -0.05) is 55.3 Å². The molecule has 1 unspecified atom stereocenters. The van der Waals surface area contributed by atoms with Crippen LogP contribution in [0.15, 0.2) is 30.3 Å². The molecule has 5 heteroatoms. The molecule has 0 bridgehead atoms. The van der Waals surface area contributed by atoms with Crippen molar-refractivity contribution < 1.29 is 14.3 Å². The number of imide groups is 1. The number of cyclic esters (lactones) is 1. The normalized spacial score (nSPS) is 22.4. The standard InChI is InChI=1S/C14H16ClNO3/c1-2-3-9-12(17)16-13(18)19-10-14(16,15)11-7-5-4-6-8-11/h4-8H,2-3,9-10H2,1H3. The van der Waals surface area contributed by atoms with Crippen LogP contribution in [0.1, 0.15) is 31.7 Å². The van der Waals surface area contributed by atoms with E-state index in [-0.39, 0.29) is 12.5 Å². The molecule has 0 N–H and O–H groups in total. The van der Waals surface area contributed by atoms with Crippen molar-refractivity contribution in [1.29, 1.82) is 0 Å². The zero-order valence-electron chi connectivity index (χ0n) is 10.8. The van der Waals surface area contributed by atoms with E-state index in [0.29, 0.717) is 12.0 Å². The summed E-state index contributed by atoms with van der Waals surface area (Å²) in [6.07, 6.45) is 1.24. The van der Waals surface area contributed by atoms with Crippen molar-refractivity contribution in [2.24, 2.45) is 0 Å². The van der Waals surface area contributed by atoms with E-state index in [2.05, 4.69) is 0 Å². The fourth-order valence-corrected chi connectivity index (χ4v) is 2.42. The predicted molar refractivity (Wildman–Crippen MR) is 71.7 cm³/mol. The van der Waals surface area contributed by atoms with Gasteiger partial charge in [0.25, 0.3) is 0 Å². The molecule has 1 aromatic carbocycles. The third kappa shape index (κ3) is 2.59. The molecule has 2 amide bonds. The summed E-state index contributed by atoms with van der Waals surface area (Å²) in [6.45, 7) is 1.97. The molecule has 0 aromatic heterocycles. The van der Waals surface area contributed by atoms with E-state index in [1.54, 1.807) is 12.1 Å². The van der Waals surface area contributed by atoms with E-state index in [9.17, 15) is 9.59 Å². The van der Waals surface area contributed by atoms with E-state index in [1.807, 2.05) is 25.1 Å². The molecule has 1 heterocycles. The molecular formula is C14H16ClNO3. The molecule has 0 saturated carbocycles. The molecule has 1 aliphatic heterocycles. The summed E-state index contributed by atoms with van der Waals surface area (Å²) in [5.41, 5.74) is 0.687. The van der Waals surface area contributed by atoms with Crippen LogP contribution in [-0.4, -0.2) is 23.5 Å². The van der Waals surface area contributed by atoms with Gasteiger partial charge in [0.2, 0.25) is 5.91 Å². The second-order valence-corrected chi connectivity index (χ2v) is 5.14. The lowest BCUT2D eigenvalue weighted by atomic mass is 10.1. The molecule has 1 atom stereocenters. The van der Waals surface area contributed by atoms with Crippen molar-refractivity contribution in [3.63, 3.8) is 0 Å². The topological polar surface area (TPSA) is 46.6 Å². The molecule has 4 nitrogen and oxygen atoms in total. The van der Waals surface area contributed by atoms with Gasteiger partial charge in [-0.2, -0.15) is 0 Å². The molecule has 19 heavy (non-hydrogen) atoms. The van der Waals surface area contributed by atoms with Crippen LogP contribution in [0.4, 0.5) is 4.79 Å². The Morgan fingerprint density at radius 1 is 1.42 bits per heavy atom. The Labute approximate surface area is 117 Å². The SMILES string of the molecule is CCCCC(=O)N1C(=O)OCC1(Cl)c1ccccc1. The maximum atomic E-state index is 12.1. The smallest absolute Gasteiger partial charge is 0.418 e. The van der Waals surface area contributed by atoms with Gasteiger partial charge < -0.3 is 4.74 Å². The van der Waals surface area contributed by atoms with Crippen LogP contribution in [0.2, 0.25) is 0 Å². The number of hydrogen-bond donors (Lipinski definition) is 0. The summed E-state index contributed by atoms with van der Waals surface area (Å²) in [5, 5.41) is 0. The number of alkyl halides is 1. The van der Waals surface area contributed by atoms with Crippen molar-refractivity contribution in [2.45, 2.75) is 31.2 Å². The third-order valence-electron chi connectivity index (χ3n) is 3.13. The van der Waals surface area contributed by atoms with Crippen molar-refractivity contribution in [1.82, 2.24) is 4.90 Å². The number of carbonyl (C=O) groups excluding carboxylic acids is 2. The lowest BCUT2D eigenvalue weighted by Crippen LogP contribution is -2.44. The monoisotopic (exact) mass is 281 g/mol. The summed E-state index contributed by atoms with van der Waals surface area (Å²) in [4.78, 5) is 23.7. The lowest BCUT2D eigenvalue weighted by Gasteiger charge is -2.28. The molecule has 1 saturated heterocycles. The Morgan fingerprint density at radius 2 is 2.11 bits per heavy atom. The number of ether oxygens (including phenoxy) is 1. The van der Waals surface area contributed by atoms with Gasteiger partial charge in [0.15, 0.2) is 5.00 Å². The van der Waals surface area contributed by atoms with Gasteiger partial charge in [0.05, 0.1) is 0 Å². The molecular weight excluding hydrogens is 266 g/mol. The van der Waals surface area contributed by atoms with Crippen LogP contribution < -0.4 is 0 Å². The molecule has 2 rings (SSSR count). The number of halogens is 1. The quantitative estimate of drug-likeness (QED) is 0.629. The van der Waals surface area contributed by atoms with Crippen LogP contribution in [0.5, 0.6) is 0 Å². The van der Waals surface area contributed by atoms with Gasteiger partial charge in [-0.15, -0.1) is 0 Å². The molecule has 1 aromatic rings. The van der Waals surface area contributed by atoms with E-state index >= 15 is 0 Å². The van der Waals surface area contributed by atoms with Crippen molar-refractivity contribution in [2.75, 3.05) is 6.61 Å². The number of rotatable bonds is 4. The van der Waals surface area contributed by atoms with E-state index in [0.717, 1.165) is 17.7 Å². The zero-order chi connectivity index (χ0) is 13.9. The number of carbonyl (C=O) groups is 2. The number of nitrogens with zero attached hydrogens (tertiary/aromatic N) is 1. The fraction of sp³-hybridized carbons (Fsp3) is 0.429.